The molecule has 0 saturated heterocycles. The molecule has 0 bridgehead atoms. The topological polar surface area (TPSA) is 66.4 Å². The smallest absolute Gasteiger partial charge is 0.307 e. The van der Waals surface area contributed by atoms with Crippen LogP contribution in [0.1, 0.15) is 53.9 Å². The summed E-state index contributed by atoms with van der Waals surface area (Å²) in [4.78, 5) is 22.9. The molecule has 0 aliphatic carbocycles. The molecule has 0 aromatic carbocycles. The first kappa shape index (κ1) is 15.9. The van der Waals surface area contributed by atoms with Crippen LogP contribution in [0, 0.1) is 11.3 Å². The largest absolute Gasteiger partial charge is 0.481 e. The van der Waals surface area contributed by atoms with Crippen molar-refractivity contribution in [1.82, 2.24) is 5.32 Å². The number of hydrogen-bond acceptors (Lipinski definition) is 2. The van der Waals surface area contributed by atoms with E-state index in [9.17, 15) is 9.59 Å². The highest BCUT2D eigenvalue weighted by molar-refractivity contribution is 5.82. The van der Waals surface area contributed by atoms with Crippen molar-refractivity contribution in [2.24, 2.45) is 11.3 Å². The van der Waals surface area contributed by atoms with Gasteiger partial charge in [-0.15, -0.1) is 0 Å². The SMILES string of the molecule is CCC(CC)NC(=O)C[C@H](C(=O)O)C(C)(C)C. The minimum atomic E-state index is -0.905. The van der Waals surface area contributed by atoms with E-state index in [0.29, 0.717) is 0 Å². The Balaban J connectivity index is 4.48. The van der Waals surface area contributed by atoms with E-state index in [1.807, 2.05) is 34.6 Å². The van der Waals surface area contributed by atoms with Gasteiger partial charge in [-0.3, -0.25) is 9.59 Å². The molecule has 0 aliphatic heterocycles. The maximum atomic E-state index is 11.8. The van der Waals surface area contributed by atoms with Gasteiger partial charge in [0.2, 0.25) is 5.91 Å². The van der Waals surface area contributed by atoms with Gasteiger partial charge in [0.25, 0.3) is 0 Å². The summed E-state index contributed by atoms with van der Waals surface area (Å²) >= 11 is 0. The van der Waals surface area contributed by atoms with E-state index in [2.05, 4.69) is 5.32 Å². The number of carbonyl (C=O) groups is 2. The van der Waals surface area contributed by atoms with Crippen molar-refractivity contribution >= 4 is 11.9 Å². The zero-order valence-electron chi connectivity index (χ0n) is 11.5. The molecule has 100 valence electrons. The zero-order chi connectivity index (χ0) is 13.6. The lowest BCUT2D eigenvalue weighted by Gasteiger charge is -2.27. The van der Waals surface area contributed by atoms with Crippen molar-refractivity contribution in [3.05, 3.63) is 0 Å². The van der Waals surface area contributed by atoms with Crippen LogP contribution in [0.15, 0.2) is 0 Å². The summed E-state index contributed by atoms with van der Waals surface area (Å²) in [6.07, 6.45) is 1.79. The van der Waals surface area contributed by atoms with Gasteiger partial charge in [0, 0.05) is 12.5 Å². The van der Waals surface area contributed by atoms with E-state index in [1.54, 1.807) is 0 Å². The van der Waals surface area contributed by atoms with Gasteiger partial charge in [-0.1, -0.05) is 34.6 Å². The first-order chi connectivity index (χ1) is 7.72. The fraction of sp³-hybridized carbons (Fsp3) is 0.846. The number of carboxylic acid groups (broad SMARTS) is 1. The Labute approximate surface area is 104 Å². The van der Waals surface area contributed by atoms with Crippen molar-refractivity contribution in [3.8, 4) is 0 Å². The summed E-state index contributed by atoms with van der Waals surface area (Å²) in [6.45, 7) is 9.54. The lowest BCUT2D eigenvalue weighted by atomic mass is 9.78. The number of nitrogens with one attached hydrogen (secondary N) is 1. The third-order valence-corrected chi connectivity index (χ3v) is 3.08. The fourth-order valence-corrected chi connectivity index (χ4v) is 1.73. The van der Waals surface area contributed by atoms with E-state index < -0.39 is 17.3 Å². The molecule has 0 unspecified atom stereocenters. The van der Waals surface area contributed by atoms with Gasteiger partial charge >= 0.3 is 5.97 Å². The molecular weight excluding hydrogens is 218 g/mol. The fourth-order valence-electron chi connectivity index (χ4n) is 1.73. The molecule has 0 aromatic heterocycles. The Morgan fingerprint density at radius 1 is 1.18 bits per heavy atom. The number of carbonyl (C=O) groups excluding carboxylic acids is 1. The third kappa shape index (κ3) is 5.71. The van der Waals surface area contributed by atoms with E-state index in [0.717, 1.165) is 12.8 Å². The number of amides is 1. The van der Waals surface area contributed by atoms with Crippen LogP contribution in [-0.4, -0.2) is 23.0 Å². The summed E-state index contributed by atoms with van der Waals surface area (Å²) in [6, 6.07) is 0.150. The highest BCUT2D eigenvalue weighted by Gasteiger charge is 2.33. The molecule has 0 heterocycles. The van der Waals surface area contributed by atoms with E-state index in [-0.39, 0.29) is 18.4 Å². The van der Waals surface area contributed by atoms with Gasteiger partial charge in [0.05, 0.1) is 5.92 Å². The van der Waals surface area contributed by atoms with E-state index >= 15 is 0 Å². The zero-order valence-corrected chi connectivity index (χ0v) is 11.5. The quantitative estimate of drug-likeness (QED) is 0.753. The second kappa shape index (κ2) is 6.62. The molecule has 1 amide bonds. The normalized spacial score (nSPS) is 13.5. The molecule has 17 heavy (non-hydrogen) atoms. The minimum absolute atomic E-state index is 0.0509. The van der Waals surface area contributed by atoms with Crippen LogP contribution >= 0.6 is 0 Å². The Bertz CT molecular complexity index is 264. The second-order valence-corrected chi connectivity index (χ2v) is 5.54. The molecule has 2 N–H and O–H groups in total. The maximum Gasteiger partial charge on any atom is 0.307 e. The number of carboxylic acids is 1. The summed E-state index contributed by atoms with van der Waals surface area (Å²) in [5.41, 5.74) is -0.406. The van der Waals surface area contributed by atoms with Crippen molar-refractivity contribution in [2.75, 3.05) is 0 Å². The van der Waals surface area contributed by atoms with Gasteiger partial charge in [0.1, 0.15) is 0 Å². The highest BCUT2D eigenvalue weighted by atomic mass is 16.4. The lowest BCUT2D eigenvalue weighted by Crippen LogP contribution is -2.39. The molecule has 0 aliphatic rings. The van der Waals surface area contributed by atoms with Gasteiger partial charge < -0.3 is 10.4 Å². The van der Waals surface area contributed by atoms with Crippen molar-refractivity contribution in [2.45, 2.75) is 59.9 Å². The van der Waals surface area contributed by atoms with E-state index in [4.69, 9.17) is 5.11 Å². The molecule has 1 atom stereocenters. The molecule has 0 radical (unpaired) electrons. The number of rotatable bonds is 6. The van der Waals surface area contributed by atoms with Crippen LogP contribution in [0.25, 0.3) is 0 Å². The van der Waals surface area contributed by atoms with Crippen molar-refractivity contribution < 1.29 is 14.7 Å². The first-order valence-corrected chi connectivity index (χ1v) is 6.24. The molecular formula is C13H25NO3. The first-order valence-electron chi connectivity index (χ1n) is 6.24. The van der Waals surface area contributed by atoms with Crippen molar-refractivity contribution in [1.29, 1.82) is 0 Å². The summed E-state index contributed by atoms with van der Waals surface area (Å²) in [7, 11) is 0. The standard InChI is InChI=1S/C13H25NO3/c1-6-9(7-2)14-11(15)8-10(12(16)17)13(3,4)5/h9-10H,6-8H2,1-5H3,(H,14,15)(H,16,17)/t10-/m1/s1. The molecule has 0 saturated carbocycles. The monoisotopic (exact) mass is 243 g/mol. The van der Waals surface area contributed by atoms with Crippen LogP contribution in [0.2, 0.25) is 0 Å². The van der Waals surface area contributed by atoms with Crippen molar-refractivity contribution in [3.63, 3.8) is 0 Å². The van der Waals surface area contributed by atoms with Gasteiger partial charge in [-0.05, 0) is 18.3 Å². The second-order valence-electron chi connectivity index (χ2n) is 5.54. The predicted octanol–water partition coefficient (Wildman–Crippen LogP) is 2.43. The molecule has 0 rings (SSSR count). The maximum absolute atomic E-state index is 11.8. The number of aliphatic carboxylic acids is 1. The molecule has 0 aromatic rings. The summed E-state index contributed by atoms with van der Waals surface area (Å²) in [5.74, 6) is -1.71. The Hall–Kier alpha value is -1.06. The van der Waals surface area contributed by atoms with Crippen LogP contribution in [0.3, 0.4) is 0 Å². The summed E-state index contributed by atoms with van der Waals surface area (Å²) < 4.78 is 0. The van der Waals surface area contributed by atoms with Crippen LogP contribution in [0.4, 0.5) is 0 Å². The van der Waals surface area contributed by atoms with E-state index in [1.165, 1.54) is 0 Å². The molecule has 0 spiro atoms. The molecule has 0 fully saturated rings. The Kier molecular flexibility index (Phi) is 6.21. The van der Waals surface area contributed by atoms with Crippen LogP contribution in [-0.2, 0) is 9.59 Å². The average molecular weight is 243 g/mol. The van der Waals surface area contributed by atoms with Gasteiger partial charge in [-0.2, -0.15) is 0 Å². The minimum Gasteiger partial charge on any atom is -0.481 e. The molecule has 4 nitrogen and oxygen atoms in total. The Morgan fingerprint density at radius 3 is 1.94 bits per heavy atom. The predicted molar refractivity (Wildman–Crippen MR) is 67.7 cm³/mol. The average Bonchev–Trinajstić information content (AvgIpc) is 2.20. The van der Waals surface area contributed by atoms with Gasteiger partial charge in [-0.25, -0.2) is 0 Å². The van der Waals surface area contributed by atoms with Crippen LogP contribution in [0.5, 0.6) is 0 Å². The number of hydrogen-bond donors (Lipinski definition) is 2. The Morgan fingerprint density at radius 2 is 1.65 bits per heavy atom. The highest BCUT2D eigenvalue weighted by Crippen LogP contribution is 2.28. The lowest BCUT2D eigenvalue weighted by molar-refractivity contribution is -0.148. The molecule has 4 heteroatoms. The third-order valence-electron chi connectivity index (χ3n) is 3.08. The van der Waals surface area contributed by atoms with Gasteiger partial charge in [0.15, 0.2) is 0 Å². The summed E-state index contributed by atoms with van der Waals surface area (Å²) in [5, 5.41) is 12.0. The van der Waals surface area contributed by atoms with Crippen LogP contribution < -0.4 is 5.32 Å².